The average molecular weight is 233 g/mol. The van der Waals surface area contributed by atoms with Gasteiger partial charge < -0.3 is 10.1 Å². The first-order valence-electron chi connectivity index (χ1n) is 6.68. The van der Waals surface area contributed by atoms with Crippen LogP contribution in [0.15, 0.2) is 30.3 Å². The molecule has 17 heavy (non-hydrogen) atoms. The average Bonchev–Trinajstić information content (AvgIpc) is 2.26. The van der Waals surface area contributed by atoms with E-state index in [-0.39, 0.29) is 5.60 Å². The van der Waals surface area contributed by atoms with E-state index in [0.29, 0.717) is 6.04 Å². The van der Waals surface area contributed by atoms with Gasteiger partial charge in [-0.3, -0.25) is 0 Å². The molecule has 0 radical (unpaired) electrons. The molecule has 1 aromatic carbocycles. The largest absolute Gasteiger partial charge is 0.487 e. The molecular formula is C15H23NO. The molecule has 2 heteroatoms. The van der Waals surface area contributed by atoms with Crippen LogP contribution in [0, 0.1) is 0 Å². The van der Waals surface area contributed by atoms with Gasteiger partial charge in [-0.15, -0.1) is 0 Å². The molecule has 0 bridgehead atoms. The third-order valence-corrected chi connectivity index (χ3v) is 3.48. The molecule has 0 spiro atoms. The minimum absolute atomic E-state index is 0.100. The molecule has 1 aromatic rings. The number of rotatable bonds is 6. The highest BCUT2D eigenvalue weighted by atomic mass is 16.5. The number of ether oxygens (including phenoxy) is 1. The van der Waals surface area contributed by atoms with Crippen LogP contribution in [0.4, 0.5) is 0 Å². The summed E-state index contributed by atoms with van der Waals surface area (Å²) in [7, 11) is 0. The number of benzene rings is 1. The molecule has 0 atom stereocenters. The third kappa shape index (κ3) is 3.47. The van der Waals surface area contributed by atoms with E-state index in [1.807, 2.05) is 18.2 Å². The summed E-state index contributed by atoms with van der Waals surface area (Å²) in [4.78, 5) is 0. The van der Waals surface area contributed by atoms with Crippen LogP contribution in [0.5, 0.6) is 5.75 Å². The summed E-state index contributed by atoms with van der Waals surface area (Å²) in [6.07, 6.45) is 4.80. The lowest BCUT2D eigenvalue weighted by atomic mass is 9.77. The van der Waals surface area contributed by atoms with Gasteiger partial charge in [0, 0.05) is 6.04 Å². The molecule has 1 aliphatic carbocycles. The zero-order valence-corrected chi connectivity index (χ0v) is 10.9. The molecule has 1 aliphatic rings. The highest BCUT2D eigenvalue weighted by Crippen LogP contribution is 2.39. The molecule has 0 heterocycles. The van der Waals surface area contributed by atoms with Gasteiger partial charge >= 0.3 is 0 Å². The van der Waals surface area contributed by atoms with Crippen molar-refractivity contribution >= 4 is 0 Å². The van der Waals surface area contributed by atoms with Crippen LogP contribution in [0.3, 0.4) is 0 Å². The molecule has 94 valence electrons. The monoisotopic (exact) mass is 233 g/mol. The first-order chi connectivity index (χ1) is 8.20. The van der Waals surface area contributed by atoms with Crippen LogP contribution in [0.1, 0.15) is 39.5 Å². The molecular weight excluding hydrogens is 210 g/mol. The summed E-state index contributed by atoms with van der Waals surface area (Å²) in [5.41, 5.74) is 0.100. The molecule has 1 fully saturated rings. The van der Waals surface area contributed by atoms with Crippen molar-refractivity contribution in [1.82, 2.24) is 5.32 Å². The van der Waals surface area contributed by atoms with Crippen molar-refractivity contribution < 1.29 is 4.74 Å². The van der Waals surface area contributed by atoms with Gasteiger partial charge in [-0.05, 0) is 44.4 Å². The lowest BCUT2D eigenvalue weighted by Gasteiger charge is -2.42. The fraction of sp³-hybridized carbons (Fsp3) is 0.600. The third-order valence-electron chi connectivity index (χ3n) is 3.48. The number of nitrogens with one attached hydrogen (secondary N) is 1. The van der Waals surface area contributed by atoms with Gasteiger partial charge in [0.15, 0.2) is 0 Å². The Morgan fingerprint density at radius 1 is 1.24 bits per heavy atom. The molecule has 0 saturated heterocycles. The molecule has 2 nitrogen and oxygen atoms in total. The fourth-order valence-electron chi connectivity index (χ4n) is 2.30. The van der Waals surface area contributed by atoms with Gasteiger partial charge in [0.05, 0.1) is 0 Å². The van der Waals surface area contributed by atoms with Crippen LogP contribution in [-0.2, 0) is 0 Å². The minimum Gasteiger partial charge on any atom is -0.487 e. The van der Waals surface area contributed by atoms with Gasteiger partial charge in [0.2, 0.25) is 0 Å². The van der Waals surface area contributed by atoms with Crippen LogP contribution in [-0.4, -0.2) is 18.2 Å². The van der Waals surface area contributed by atoms with Crippen molar-refractivity contribution in [2.24, 2.45) is 0 Å². The predicted octanol–water partition coefficient (Wildman–Crippen LogP) is 3.38. The smallest absolute Gasteiger partial charge is 0.120 e. The predicted molar refractivity (Wildman–Crippen MR) is 71.4 cm³/mol. The van der Waals surface area contributed by atoms with E-state index in [4.69, 9.17) is 4.74 Å². The van der Waals surface area contributed by atoms with E-state index < -0.39 is 0 Å². The first kappa shape index (κ1) is 12.4. The zero-order valence-electron chi connectivity index (χ0n) is 10.9. The van der Waals surface area contributed by atoms with E-state index in [9.17, 15) is 0 Å². The number of hydrogen-bond donors (Lipinski definition) is 1. The van der Waals surface area contributed by atoms with Gasteiger partial charge in [0.1, 0.15) is 11.4 Å². The van der Waals surface area contributed by atoms with Crippen molar-refractivity contribution in [3.8, 4) is 5.75 Å². The molecule has 1 saturated carbocycles. The molecule has 0 amide bonds. The van der Waals surface area contributed by atoms with E-state index in [1.54, 1.807) is 0 Å². The first-order valence-corrected chi connectivity index (χ1v) is 6.68. The van der Waals surface area contributed by atoms with Gasteiger partial charge in [0.25, 0.3) is 0 Å². The van der Waals surface area contributed by atoms with E-state index in [2.05, 4.69) is 31.3 Å². The molecule has 0 aromatic heterocycles. The maximum Gasteiger partial charge on any atom is 0.120 e. The standard InChI is InChI=1S/C15H23NO/c1-13(2)16-12-11-15(9-6-10-15)17-14-7-4-3-5-8-14/h3-5,7-8,13,16H,6,9-12H2,1-2H3. The van der Waals surface area contributed by atoms with Crippen molar-refractivity contribution in [1.29, 1.82) is 0 Å². The maximum absolute atomic E-state index is 6.18. The van der Waals surface area contributed by atoms with Gasteiger partial charge in [-0.1, -0.05) is 32.0 Å². The molecule has 1 N–H and O–H groups in total. The Balaban J connectivity index is 1.87. The molecule has 2 rings (SSSR count). The topological polar surface area (TPSA) is 21.3 Å². The van der Waals surface area contributed by atoms with Crippen LogP contribution < -0.4 is 10.1 Å². The lowest BCUT2D eigenvalue weighted by Crippen LogP contribution is -2.45. The quantitative estimate of drug-likeness (QED) is 0.813. The summed E-state index contributed by atoms with van der Waals surface area (Å²) < 4.78 is 6.18. The second-order valence-electron chi connectivity index (χ2n) is 5.31. The minimum atomic E-state index is 0.100. The Bertz CT molecular complexity index is 330. The highest BCUT2D eigenvalue weighted by molar-refractivity contribution is 5.22. The van der Waals surface area contributed by atoms with Crippen LogP contribution in [0.25, 0.3) is 0 Å². The molecule has 0 aliphatic heterocycles. The Morgan fingerprint density at radius 3 is 2.47 bits per heavy atom. The van der Waals surface area contributed by atoms with E-state index in [0.717, 1.165) is 18.7 Å². The zero-order chi connectivity index (χ0) is 12.1. The summed E-state index contributed by atoms with van der Waals surface area (Å²) >= 11 is 0. The number of para-hydroxylation sites is 1. The van der Waals surface area contributed by atoms with Gasteiger partial charge in [-0.25, -0.2) is 0 Å². The van der Waals surface area contributed by atoms with Crippen LogP contribution in [0.2, 0.25) is 0 Å². The Kier molecular flexibility index (Phi) is 4.06. The summed E-state index contributed by atoms with van der Waals surface area (Å²) in [6, 6.07) is 10.8. The Morgan fingerprint density at radius 2 is 1.94 bits per heavy atom. The second kappa shape index (κ2) is 5.54. The van der Waals surface area contributed by atoms with Crippen molar-refractivity contribution in [2.45, 2.75) is 51.2 Å². The Labute approximate surface area is 104 Å². The lowest BCUT2D eigenvalue weighted by molar-refractivity contribution is -0.0145. The molecule has 0 unspecified atom stereocenters. The second-order valence-corrected chi connectivity index (χ2v) is 5.31. The summed E-state index contributed by atoms with van der Waals surface area (Å²) in [5.74, 6) is 1.01. The van der Waals surface area contributed by atoms with E-state index in [1.165, 1.54) is 19.3 Å². The number of hydrogen-bond acceptors (Lipinski definition) is 2. The van der Waals surface area contributed by atoms with Crippen molar-refractivity contribution in [2.75, 3.05) is 6.54 Å². The van der Waals surface area contributed by atoms with E-state index >= 15 is 0 Å². The normalized spacial score (nSPS) is 17.8. The van der Waals surface area contributed by atoms with Crippen molar-refractivity contribution in [3.63, 3.8) is 0 Å². The van der Waals surface area contributed by atoms with Gasteiger partial charge in [-0.2, -0.15) is 0 Å². The fourth-order valence-corrected chi connectivity index (χ4v) is 2.30. The summed E-state index contributed by atoms with van der Waals surface area (Å²) in [5, 5.41) is 3.48. The maximum atomic E-state index is 6.18. The highest BCUT2D eigenvalue weighted by Gasteiger charge is 2.38. The van der Waals surface area contributed by atoms with Crippen LogP contribution >= 0.6 is 0 Å². The summed E-state index contributed by atoms with van der Waals surface area (Å²) in [6.45, 7) is 5.42. The SMILES string of the molecule is CC(C)NCCC1(Oc2ccccc2)CCC1. The van der Waals surface area contributed by atoms with Crippen molar-refractivity contribution in [3.05, 3.63) is 30.3 Å². The Hall–Kier alpha value is -1.02.